The molecule has 0 saturated carbocycles. The van der Waals surface area contributed by atoms with Crippen molar-refractivity contribution in [2.75, 3.05) is 13.7 Å². The summed E-state index contributed by atoms with van der Waals surface area (Å²) < 4.78 is 10.6. The average molecular weight is 210 g/mol. The van der Waals surface area contributed by atoms with Crippen LogP contribution in [0.2, 0.25) is 0 Å². The highest BCUT2D eigenvalue weighted by Gasteiger charge is 2.06. The summed E-state index contributed by atoms with van der Waals surface area (Å²) in [6.07, 6.45) is 1.31. The van der Waals surface area contributed by atoms with Gasteiger partial charge in [0.1, 0.15) is 6.61 Å². The van der Waals surface area contributed by atoms with Gasteiger partial charge in [-0.3, -0.25) is 0 Å². The molecule has 3 heteroatoms. The summed E-state index contributed by atoms with van der Waals surface area (Å²) in [6.45, 7) is 2.35. The Labute approximate surface area is 90.6 Å². The first kappa shape index (κ1) is 11.9. The van der Waals surface area contributed by atoms with Crippen LogP contribution in [0.1, 0.15) is 19.8 Å². The van der Waals surface area contributed by atoms with Gasteiger partial charge in [-0.15, -0.1) is 0 Å². The first-order valence-electron chi connectivity index (χ1n) is 5.21. The van der Waals surface area contributed by atoms with E-state index < -0.39 is 6.10 Å². The average Bonchev–Trinajstić information content (AvgIpc) is 2.27. The Morgan fingerprint density at radius 1 is 1.27 bits per heavy atom. The van der Waals surface area contributed by atoms with Crippen molar-refractivity contribution in [2.24, 2.45) is 0 Å². The molecule has 0 heterocycles. The lowest BCUT2D eigenvalue weighted by atomic mass is 10.2. The number of methoxy groups -OCH3 is 1. The molecule has 0 fully saturated rings. The lowest BCUT2D eigenvalue weighted by molar-refractivity contribution is 0.0977. The molecule has 0 amide bonds. The van der Waals surface area contributed by atoms with Crippen LogP contribution in [0, 0.1) is 0 Å². The summed E-state index contributed by atoms with van der Waals surface area (Å²) in [6, 6.07) is 7.43. The number of aliphatic hydroxyl groups is 1. The number of hydrogen-bond donors (Lipinski definition) is 1. The summed E-state index contributed by atoms with van der Waals surface area (Å²) >= 11 is 0. The van der Waals surface area contributed by atoms with Crippen molar-refractivity contribution in [1.29, 1.82) is 0 Å². The van der Waals surface area contributed by atoms with E-state index in [2.05, 4.69) is 0 Å². The maximum Gasteiger partial charge on any atom is 0.161 e. The Kier molecular flexibility index (Phi) is 4.98. The van der Waals surface area contributed by atoms with Gasteiger partial charge in [0, 0.05) is 0 Å². The second-order valence-electron chi connectivity index (χ2n) is 3.40. The Morgan fingerprint density at radius 2 is 1.93 bits per heavy atom. The normalized spacial score (nSPS) is 12.2. The predicted octanol–water partition coefficient (Wildman–Crippen LogP) is 2.24. The molecule has 0 aromatic heterocycles. The van der Waals surface area contributed by atoms with E-state index >= 15 is 0 Å². The van der Waals surface area contributed by atoms with Crippen LogP contribution in [-0.4, -0.2) is 24.9 Å². The molecular formula is C12H18O3. The lowest BCUT2D eigenvalue weighted by Crippen LogP contribution is -2.17. The number of para-hydroxylation sites is 2. The van der Waals surface area contributed by atoms with Gasteiger partial charge in [0.05, 0.1) is 13.2 Å². The molecule has 0 aliphatic rings. The van der Waals surface area contributed by atoms with Crippen LogP contribution in [0.15, 0.2) is 24.3 Å². The molecule has 0 saturated heterocycles. The van der Waals surface area contributed by atoms with Gasteiger partial charge in [0.2, 0.25) is 0 Å². The Bertz CT molecular complexity index is 286. The van der Waals surface area contributed by atoms with E-state index in [1.54, 1.807) is 7.11 Å². The number of ether oxygens (including phenoxy) is 2. The number of hydrogen-bond acceptors (Lipinski definition) is 3. The summed E-state index contributed by atoms with van der Waals surface area (Å²) in [7, 11) is 1.60. The first-order valence-corrected chi connectivity index (χ1v) is 5.21. The van der Waals surface area contributed by atoms with Gasteiger partial charge in [0.25, 0.3) is 0 Å². The van der Waals surface area contributed by atoms with Crippen LogP contribution < -0.4 is 9.47 Å². The minimum atomic E-state index is -0.403. The third-order valence-corrected chi connectivity index (χ3v) is 2.12. The fourth-order valence-electron chi connectivity index (χ4n) is 1.34. The van der Waals surface area contributed by atoms with Gasteiger partial charge in [-0.25, -0.2) is 0 Å². The zero-order valence-corrected chi connectivity index (χ0v) is 9.27. The third kappa shape index (κ3) is 3.80. The predicted molar refractivity (Wildman–Crippen MR) is 59.4 cm³/mol. The zero-order valence-electron chi connectivity index (χ0n) is 9.27. The topological polar surface area (TPSA) is 38.7 Å². The van der Waals surface area contributed by atoms with Gasteiger partial charge in [-0.05, 0) is 18.6 Å². The van der Waals surface area contributed by atoms with Gasteiger partial charge >= 0.3 is 0 Å². The summed E-state index contributed by atoms with van der Waals surface area (Å²) in [4.78, 5) is 0. The van der Waals surface area contributed by atoms with E-state index in [0.29, 0.717) is 18.1 Å². The minimum Gasteiger partial charge on any atom is -0.493 e. The molecule has 1 atom stereocenters. The van der Waals surface area contributed by atoms with Gasteiger partial charge in [-0.1, -0.05) is 25.5 Å². The van der Waals surface area contributed by atoms with E-state index in [-0.39, 0.29) is 0 Å². The van der Waals surface area contributed by atoms with Gasteiger partial charge < -0.3 is 14.6 Å². The van der Waals surface area contributed by atoms with Crippen LogP contribution in [0.25, 0.3) is 0 Å². The maximum atomic E-state index is 9.51. The molecule has 3 nitrogen and oxygen atoms in total. The number of aliphatic hydroxyl groups excluding tert-OH is 1. The standard InChI is InChI=1S/C12H18O3/c1-3-6-10(13)9-15-12-8-5-4-7-11(12)14-2/h4-5,7-8,10,13H,3,6,9H2,1-2H3. The Hall–Kier alpha value is -1.22. The molecule has 1 N–H and O–H groups in total. The largest absolute Gasteiger partial charge is 0.493 e. The number of benzene rings is 1. The van der Waals surface area contributed by atoms with Crippen molar-refractivity contribution in [1.82, 2.24) is 0 Å². The lowest BCUT2D eigenvalue weighted by Gasteiger charge is -2.13. The second kappa shape index (κ2) is 6.30. The molecule has 0 spiro atoms. The smallest absolute Gasteiger partial charge is 0.161 e. The molecule has 0 radical (unpaired) electrons. The highest BCUT2D eigenvalue weighted by Crippen LogP contribution is 2.25. The van der Waals surface area contributed by atoms with Crippen LogP contribution >= 0.6 is 0 Å². The van der Waals surface area contributed by atoms with Gasteiger partial charge in [0.15, 0.2) is 11.5 Å². The molecule has 0 aliphatic heterocycles. The zero-order chi connectivity index (χ0) is 11.1. The molecule has 0 bridgehead atoms. The van der Waals surface area contributed by atoms with E-state index in [1.807, 2.05) is 31.2 Å². The molecule has 1 unspecified atom stereocenters. The molecule has 1 aromatic rings. The SMILES string of the molecule is CCCC(O)COc1ccccc1OC. The van der Waals surface area contributed by atoms with Crippen LogP contribution in [0.4, 0.5) is 0 Å². The second-order valence-corrected chi connectivity index (χ2v) is 3.40. The minimum absolute atomic E-state index is 0.314. The highest BCUT2D eigenvalue weighted by molar-refractivity contribution is 5.39. The van der Waals surface area contributed by atoms with Crippen molar-refractivity contribution < 1.29 is 14.6 Å². The Morgan fingerprint density at radius 3 is 2.53 bits per heavy atom. The van der Waals surface area contributed by atoms with Crippen molar-refractivity contribution in [3.05, 3.63) is 24.3 Å². The summed E-state index contributed by atoms with van der Waals surface area (Å²) in [5.74, 6) is 1.37. The van der Waals surface area contributed by atoms with Crippen LogP contribution in [0.5, 0.6) is 11.5 Å². The molecule has 1 aromatic carbocycles. The quantitative estimate of drug-likeness (QED) is 0.782. The fraction of sp³-hybridized carbons (Fsp3) is 0.500. The summed E-state index contributed by atoms with van der Waals surface area (Å²) in [5, 5.41) is 9.51. The Balaban J connectivity index is 2.49. The van der Waals surface area contributed by atoms with Crippen LogP contribution in [-0.2, 0) is 0 Å². The van der Waals surface area contributed by atoms with Crippen LogP contribution in [0.3, 0.4) is 0 Å². The van der Waals surface area contributed by atoms with Crippen molar-refractivity contribution >= 4 is 0 Å². The molecule has 84 valence electrons. The fourth-order valence-corrected chi connectivity index (χ4v) is 1.34. The van der Waals surface area contributed by atoms with Crippen molar-refractivity contribution in [3.8, 4) is 11.5 Å². The molecule has 15 heavy (non-hydrogen) atoms. The maximum absolute atomic E-state index is 9.51. The van der Waals surface area contributed by atoms with Gasteiger partial charge in [-0.2, -0.15) is 0 Å². The van der Waals surface area contributed by atoms with E-state index in [1.165, 1.54) is 0 Å². The highest BCUT2D eigenvalue weighted by atomic mass is 16.5. The van der Waals surface area contributed by atoms with E-state index in [0.717, 1.165) is 12.8 Å². The monoisotopic (exact) mass is 210 g/mol. The van der Waals surface area contributed by atoms with Crippen molar-refractivity contribution in [3.63, 3.8) is 0 Å². The molecular weight excluding hydrogens is 192 g/mol. The van der Waals surface area contributed by atoms with E-state index in [4.69, 9.17) is 9.47 Å². The van der Waals surface area contributed by atoms with Crippen molar-refractivity contribution in [2.45, 2.75) is 25.9 Å². The third-order valence-electron chi connectivity index (χ3n) is 2.12. The molecule has 0 aliphatic carbocycles. The first-order chi connectivity index (χ1) is 7.27. The number of rotatable bonds is 6. The molecule has 1 rings (SSSR count). The van der Waals surface area contributed by atoms with E-state index in [9.17, 15) is 5.11 Å². The summed E-state index contributed by atoms with van der Waals surface area (Å²) in [5.41, 5.74) is 0.